The number of carbonyl (C=O) groups excluding carboxylic acids is 2. The number of rotatable bonds is 8. The molecule has 5 heteroatoms. The molecule has 0 radical (unpaired) electrons. The average molecular weight is 483 g/mol. The topological polar surface area (TPSA) is 68.3 Å². The number of ketones is 2. The van der Waals surface area contributed by atoms with Gasteiger partial charge in [0.15, 0.2) is 31.9 Å². The number of aryl methyl sites for hydroxylation is 2. The van der Waals surface area contributed by atoms with Crippen LogP contribution < -0.4 is 0 Å². The van der Waals surface area contributed by atoms with Crippen molar-refractivity contribution in [2.45, 2.75) is 24.3 Å². The van der Waals surface area contributed by atoms with Crippen LogP contribution >= 0.6 is 0 Å². The largest absolute Gasteiger partial charge is 0.292 e. The van der Waals surface area contributed by atoms with Gasteiger partial charge in [0.1, 0.15) is 0 Å². The minimum atomic E-state index is -4.39. The Morgan fingerprint density at radius 3 is 1.14 bits per heavy atom. The number of Topliss-reactive ketones (excluding diaryl/α,β-unsaturated/α-hetero) is 2. The van der Waals surface area contributed by atoms with Gasteiger partial charge in [-0.05, 0) is 25.0 Å². The molecule has 4 nitrogen and oxygen atoms in total. The Labute approximate surface area is 206 Å². The van der Waals surface area contributed by atoms with Crippen molar-refractivity contribution in [1.82, 2.24) is 0 Å². The molecule has 0 aliphatic carbocycles. The van der Waals surface area contributed by atoms with Crippen molar-refractivity contribution >= 4 is 21.4 Å². The summed E-state index contributed by atoms with van der Waals surface area (Å²) >= 11 is 0. The third-order valence-electron chi connectivity index (χ3n) is 6.01. The molecule has 0 saturated carbocycles. The Morgan fingerprint density at radius 2 is 0.829 bits per heavy atom. The molecular weight excluding hydrogens is 456 g/mol. The summed E-state index contributed by atoms with van der Waals surface area (Å²) in [5.74, 6) is -1.13. The highest BCUT2D eigenvalue weighted by Gasteiger charge is 2.44. The predicted octanol–water partition coefficient (Wildman–Crippen LogP) is 6.27. The smallest absolute Gasteiger partial charge is 0.185 e. The maximum atomic E-state index is 14.4. The molecule has 0 saturated heterocycles. The van der Waals surface area contributed by atoms with E-state index in [-0.39, 0.29) is 11.1 Å². The molecule has 2 atom stereocenters. The second-order valence-electron chi connectivity index (χ2n) is 8.63. The molecular formula is C30H26O4S. The van der Waals surface area contributed by atoms with Crippen LogP contribution in [-0.4, -0.2) is 20.0 Å². The summed E-state index contributed by atoms with van der Waals surface area (Å²) < 4.78 is 28.8. The summed E-state index contributed by atoms with van der Waals surface area (Å²) in [7, 11) is -4.39. The quantitative estimate of drug-likeness (QED) is 0.278. The summed E-state index contributed by atoms with van der Waals surface area (Å²) in [4.78, 5) is 27.5. The highest BCUT2D eigenvalue weighted by atomic mass is 32.2. The van der Waals surface area contributed by atoms with Crippen molar-refractivity contribution in [3.8, 4) is 0 Å². The van der Waals surface area contributed by atoms with E-state index in [2.05, 4.69) is 0 Å². The van der Waals surface area contributed by atoms with Crippen LogP contribution in [0.5, 0.6) is 0 Å². The normalized spacial score (nSPS) is 13.1. The minimum absolute atomic E-state index is 0.275. The fourth-order valence-electron chi connectivity index (χ4n) is 4.11. The van der Waals surface area contributed by atoms with Gasteiger partial charge in [0, 0.05) is 11.1 Å². The van der Waals surface area contributed by atoms with Crippen molar-refractivity contribution in [3.05, 3.63) is 143 Å². The third-order valence-corrected chi connectivity index (χ3v) is 8.30. The standard InChI is InChI=1S/C30H26O4S/c1-21-13-17-25(18-14-21)29(27(31)23-9-5-3-6-10-23)35(33,34)30(26-19-15-22(2)16-20-26)28(32)24-11-7-4-8-12-24/h3-20,29-30H,1-2H3. The minimum Gasteiger partial charge on any atom is -0.292 e. The zero-order chi connectivity index (χ0) is 25.0. The molecule has 0 N–H and O–H groups in total. The molecule has 176 valence electrons. The Morgan fingerprint density at radius 1 is 0.514 bits per heavy atom. The molecule has 4 aromatic carbocycles. The van der Waals surface area contributed by atoms with E-state index in [0.717, 1.165) is 11.1 Å². The first-order valence-electron chi connectivity index (χ1n) is 11.3. The van der Waals surface area contributed by atoms with Gasteiger partial charge in [0.05, 0.1) is 0 Å². The van der Waals surface area contributed by atoms with Gasteiger partial charge in [-0.15, -0.1) is 0 Å². The molecule has 2 unspecified atom stereocenters. The van der Waals surface area contributed by atoms with Crippen molar-refractivity contribution in [1.29, 1.82) is 0 Å². The molecule has 35 heavy (non-hydrogen) atoms. The van der Waals surface area contributed by atoms with Gasteiger partial charge in [-0.2, -0.15) is 0 Å². The Balaban J connectivity index is 1.93. The molecule has 4 aromatic rings. The Hall–Kier alpha value is -3.83. The molecule has 0 fully saturated rings. The van der Waals surface area contributed by atoms with E-state index in [4.69, 9.17) is 0 Å². The average Bonchev–Trinajstić information content (AvgIpc) is 2.87. The van der Waals surface area contributed by atoms with Gasteiger partial charge in [0.2, 0.25) is 0 Å². The van der Waals surface area contributed by atoms with E-state index in [1.54, 1.807) is 109 Å². The van der Waals surface area contributed by atoms with Crippen LogP contribution in [-0.2, 0) is 9.84 Å². The van der Waals surface area contributed by atoms with Crippen LogP contribution in [0, 0.1) is 13.8 Å². The maximum Gasteiger partial charge on any atom is 0.185 e. The summed E-state index contributed by atoms with van der Waals surface area (Å²) in [6.45, 7) is 3.78. The van der Waals surface area contributed by atoms with E-state index in [1.165, 1.54) is 0 Å². The zero-order valence-corrected chi connectivity index (χ0v) is 20.4. The molecule has 0 aliphatic rings. The highest BCUT2D eigenvalue weighted by Crippen LogP contribution is 2.39. The molecule has 4 rings (SSSR count). The van der Waals surface area contributed by atoms with E-state index < -0.39 is 31.9 Å². The first-order chi connectivity index (χ1) is 16.8. The molecule has 0 aromatic heterocycles. The van der Waals surface area contributed by atoms with Crippen molar-refractivity contribution in [2.24, 2.45) is 0 Å². The predicted molar refractivity (Wildman–Crippen MR) is 138 cm³/mol. The van der Waals surface area contributed by atoms with Gasteiger partial charge in [-0.3, -0.25) is 9.59 Å². The molecule has 0 heterocycles. The summed E-state index contributed by atoms with van der Waals surface area (Å²) in [6.07, 6.45) is 0. The van der Waals surface area contributed by atoms with E-state index >= 15 is 0 Å². The number of benzene rings is 4. The first-order valence-corrected chi connectivity index (χ1v) is 12.9. The van der Waals surface area contributed by atoms with Crippen LogP contribution in [0.3, 0.4) is 0 Å². The first kappa shape index (κ1) is 24.3. The van der Waals surface area contributed by atoms with E-state index in [9.17, 15) is 18.0 Å². The second kappa shape index (κ2) is 10.2. The van der Waals surface area contributed by atoms with Crippen LogP contribution in [0.15, 0.2) is 109 Å². The fraction of sp³-hybridized carbons (Fsp3) is 0.133. The summed E-state index contributed by atoms with van der Waals surface area (Å²) in [5.41, 5.74) is 3.10. The van der Waals surface area contributed by atoms with Crippen molar-refractivity contribution in [3.63, 3.8) is 0 Å². The van der Waals surface area contributed by atoms with Gasteiger partial charge >= 0.3 is 0 Å². The number of sulfone groups is 1. The summed E-state index contributed by atoms with van der Waals surface area (Å²) in [5, 5.41) is -3.08. The van der Waals surface area contributed by atoms with E-state index in [0.29, 0.717) is 11.1 Å². The van der Waals surface area contributed by atoms with Crippen LogP contribution in [0.1, 0.15) is 53.5 Å². The molecule has 0 aliphatic heterocycles. The number of hydrogen-bond acceptors (Lipinski definition) is 4. The van der Waals surface area contributed by atoms with E-state index in [1.807, 2.05) is 13.8 Å². The monoisotopic (exact) mass is 482 g/mol. The Bertz CT molecular complexity index is 1320. The third kappa shape index (κ3) is 5.15. The summed E-state index contributed by atoms with van der Waals surface area (Å²) in [6, 6.07) is 30.4. The Kier molecular flexibility index (Phi) is 7.08. The lowest BCUT2D eigenvalue weighted by Crippen LogP contribution is -2.31. The lowest BCUT2D eigenvalue weighted by atomic mass is 10.0. The van der Waals surface area contributed by atoms with Crippen LogP contribution in [0.2, 0.25) is 0 Å². The van der Waals surface area contributed by atoms with Crippen LogP contribution in [0.25, 0.3) is 0 Å². The fourth-order valence-corrected chi connectivity index (χ4v) is 6.32. The zero-order valence-electron chi connectivity index (χ0n) is 19.6. The van der Waals surface area contributed by atoms with Gasteiger partial charge in [-0.1, -0.05) is 120 Å². The van der Waals surface area contributed by atoms with Gasteiger partial charge in [0.25, 0.3) is 0 Å². The van der Waals surface area contributed by atoms with Crippen LogP contribution in [0.4, 0.5) is 0 Å². The van der Waals surface area contributed by atoms with Gasteiger partial charge < -0.3 is 0 Å². The van der Waals surface area contributed by atoms with Gasteiger partial charge in [-0.25, -0.2) is 8.42 Å². The highest BCUT2D eigenvalue weighted by molar-refractivity contribution is 7.93. The van der Waals surface area contributed by atoms with Crippen molar-refractivity contribution < 1.29 is 18.0 Å². The number of carbonyl (C=O) groups is 2. The maximum absolute atomic E-state index is 14.4. The lowest BCUT2D eigenvalue weighted by Gasteiger charge is -2.24. The molecule has 0 spiro atoms. The number of hydrogen-bond donors (Lipinski definition) is 0. The lowest BCUT2D eigenvalue weighted by molar-refractivity contribution is 0.0982. The molecule has 0 amide bonds. The van der Waals surface area contributed by atoms with Crippen molar-refractivity contribution in [2.75, 3.05) is 0 Å². The second-order valence-corrected chi connectivity index (χ2v) is 10.8. The SMILES string of the molecule is Cc1ccc(C(C(=O)c2ccccc2)S(=O)(=O)C(C(=O)c2ccccc2)c2ccc(C)cc2)cc1. The molecule has 0 bridgehead atoms.